The van der Waals surface area contributed by atoms with Gasteiger partial charge in [-0.05, 0) is 31.4 Å². The van der Waals surface area contributed by atoms with E-state index in [0.717, 1.165) is 0 Å². The average Bonchev–Trinajstić information content (AvgIpc) is 2.84. The van der Waals surface area contributed by atoms with Gasteiger partial charge in [0.1, 0.15) is 18.1 Å². The Morgan fingerprint density at radius 1 is 0.806 bits per heavy atom. The minimum Gasteiger partial charge on any atom is -0.481 e. The van der Waals surface area contributed by atoms with E-state index >= 15 is 0 Å². The highest BCUT2D eigenvalue weighted by atomic mass is 16.4. The zero-order chi connectivity index (χ0) is 27.1. The number of carbonyl (C=O) groups is 5. The van der Waals surface area contributed by atoms with Gasteiger partial charge in [0.25, 0.3) is 0 Å². The number of carboxylic acid groups (broad SMARTS) is 2. The Bertz CT molecular complexity index is 883. The van der Waals surface area contributed by atoms with Gasteiger partial charge in [-0.3, -0.25) is 19.2 Å². The van der Waals surface area contributed by atoms with E-state index in [-0.39, 0.29) is 6.42 Å². The first-order chi connectivity index (χ1) is 17.1. The maximum absolute atomic E-state index is 13.0. The third-order valence-corrected chi connectivity index (χ3v) is 5.30. The van der Waals surface area contributed by atoms with Crippen molar-refractivity contribution in [1.29, 1.82) is 0 Å². The van der Waals surface area contributed by atoms with Crippen molar-refractivity contribution in [2.24, 2.45) is 11.5 Å². The van der Waals surface area contributed by atoms with Gasteiger partial charge in [-0.1, -0.05) is 36.8 Å². The molecule has 0 heterocycles. The second-order valence-corrected chi connectivity index (χ2v) is 8.22. The quantitative estimate of drug-likeness (QED) is 0.108. The van der Waals surface area contributed by atoms with Crippen LogP contribution in [0.25, 0.3) is 0 Å². The van der Waals surface area contributed by atoms with E-state index < -0.39 is 73.3 Å². The number of benzene rings is 1. The number of rotatable bonds is 17. The van der Waals surface area contributed by atoms with Crippen LogP contribution in [0.15, 0.2) is 30.3 Å². The molecular weight excluding hydrogens is 474 g/mol. The maximum atomic E-state index is 13.0. The van der Waals surface area contributed by atoms with Crippen molar-refractivity contribution in [1.82, 2.24) is 16.0 Å². The molecule has 1 rings (SSSR count). The number of carboxylic acids is 2. The second kappa shape index (κ2) is 16.2. The molecule has 3 amide bonds. The summed E-state index contributed by atoms with van der Waals surface area (Å²) in [5.41, 5.74) is 12.1. The fraction of sp³-hybridized carbons (Fsp3) is 0.522. The number of hydrogen-bond donors (Lipinski definition) is 8. The molecule has 0 aliphatic carbocycles. The fourth-order valence-electron chi connectivity index (χ4n) is 3.24. The van der Waals surface area contributed by atoms with Crippen LogP contribution in [0, 0.1) is 0 Å². The maximum Gasteiger partial charge on any atom is 0.326 e. The van der Waals surface area contributed by atoms with Crippen molar-refractivity contribution in [3.05, 3.63) is 35.9 Å². The Labute approximate surface area is 208 Å². The summed E-state index contributed by atoms with van der Waals surface area (Å²) in [7, 11) is 0. The standard InChI is InChI=1S/C23H35N5O8/c24-11-5-4-8-15(25)20(32)27-17(12-14-6-2-1-3-7-14)21(33)28-18(13-29)22(34)26-16(23(35)36)9-10-19(30)31/h1-3,6-7,15-18,29H,4-5,8-13,24-25H2,(H,26,34)(H,27,32)(H,28,33)(H,30,31)(H,35,36). The highest BCUT2D eigenvalue weighted by Crippen LogP contribution is 2.06. The fourth-order valence-corrected chi connectivity index (χ4v) is 3.24. The molecular formula is C23H35N5O8. The molecule has 1 aromatic carbocycles. The molecule has 0 aliphatic heterocycles. The van der Waals surface area contributed by atoms with E-state index in [9.17, 15) is 34.2 Å². The third kappa shape index (κ3) is 11.3. The van der Waals surface area contributed by atoms with Gasteiger partial charge >= 0.3 is 11.9 Å². The Morgan fingerprint density at radius 3 is 1.94 bits per heavy atom. The molecule has 13 nitrogen and oxygen atoms in total. The Kier molecular flexibility index (Phi) is 13.7. The summed E-state index contributed by atoms with van der Waals surface area (Å²) in [6.45, 7) is -0.412. The summed E-state index contributed by atoms with van der Waals surface area (Å²) in [5, 5.41) is 34.6. The first kappa shape index (κ1) is 30.5. The van der Waals surface area contributed by atoms with E-state index in [2.05, 4.69) is 16.0 Å². The number of aliphatic hydroxyl groups excluding tert-OH is 1. The molecule has 4 atom stereocenters. The van der Waals surface area contributed by atoms with E-state index in [0.29, 0.717) is 31.4 Å². The predicted octanol–water partition coefficient (Wildman–Crippen LogP) is -1.92. The number of aliphatic hydroxyl groups is 1. The molecule has 36 heavy (non-hydrogen) atoms. The minimum atomic E-state index is -1.54. The predicted molar refractivity (Wildman–Crippen MR) is 128 cm³/mol. The second-order valence-electron chi connectivity index (χ2n) is 8.22. The molecule has 0 radical (unpaired) electrons. The summed E-state index contributed by atoms with van der Waals surface area (Å²) >= 11 is 0. The Balaban J connectivity index is 2.93. The largest absolute Gasteiger partial charge is 0.481 e. The van der Waals surface area contributed by atoms with Gasteiger partial charge in [0.15, 0.2) is 0 Å². The lowest BCUT2D eigenvalue weighted by atomic mass is 10.0. The van der Waals surface area contributed by atoms with Gasteiger partial charge in [-0.15, -0.1) is 0 Å². The van der Waals surface area contributed by atoms with Crippen molar-refractivity contribution in [2.45, 2.75) is 62.7 Å². The summed E-state index contributed by atoms with van der Waals surface area (Å²) in [5.74, 6) is -5.11. The van der Waals surface area contributed by atoms with Crippen molar-refractivity contribution in [3.8, 4) is 0 Å². The Hall–Kier alpha value is -3.55. The zero-order valence-corrected chi connectivity index (χ0v) is 19.9. The average molecular weight is 510 g/mol. The van der Waals surface area contributed by atoms with Gasteiger partial charge in [0.05, 0.1) is 12.6 Å². The first-order valence-corrected chi connectivity index (χ1v) is 11.5. The summed E-state index contributed by atoms with van der Waals surface area (Å²) in [6, 6.07) is 3.64. The number of hydrogen-bond acceptors (Lipinski definition) is 8. The summed E-state index contributed by atoms with van der Waals surface area (Å²) < 4.78 is 0. The van der Waals surface area contributed by atoms with Gasteiger partial charge in [0.2, 0.25) is 17.7 Å². The topological polar surface area (TPSA) is 234 Å². The van der Waals surface area contributed by atoms with Crippen LogP contribution in [0.2, 0.25) is 0 Å². The monoisotopic (exact) mass is 509 g/mol. The van der Waals surface area contributed by atoms with E-state index in [1.165, 1.54) is 0 Å². The molecule has 4 unspecified atom stereocenters. The van der Waals surface area contributed by atoms with Gasteiger partial charge < -0.3 is 42.7 Å². The molecule has 0 saturated carbocycles. The number of carbonyl (C=O) groups excluding carboxylic acids is 3. The number of nitrogens with two attached hydrogens (primary N) is 2. The summed E-state index contributed by atoms with van der Waals surface area (Å²) in [6.07, 6.45) is 0.828. The van der Waals surface area contributed by atoms with Crippen LogP contribution in [-0.4, -0.2) is 82.3 Å². The molecule has 0 spiro atoms. The molecule has 1 aromatic rings. The molecule has 10 N–H and O–H groups in total. The number of amides is 3. The first-order valence-electron chi connectivity index (χ1n) is 11.5. The van der Waals surface area contributed by atoms with Crippen molar-refractivity contribution in [3.63, 3.8) is 0 Å². The van der Waals surface area contributed by atoms with Crippen molar-refractivity contribution in [2.75, 3.05) is 13.2 Å². The van der Waals surface area contributed by atoms with Crippen LogP contribution in [0.3, 0.4) is 0 Å². The lowest BCUT2D eigenvalue weighted by Crippen LogP contribution is -2.58. The van der Waals surface area contributed by atoms with Crippen molar-refractivity contribution >= 4 is 29.7 Å². The highest BCUT2D eigenvalue weighted by molar-refractivity contribution is 5.94. The molecule has 0 bridgehead atoms. The number of nitrogens with one attached hydrogen (secondary N) is 3. The van der Waals surface area contributed by atoms with Crippen LogP contribution >= 0.6 is 0 Å². The van der Waals surface area contributed by atoms with Crippen LogP contribution in [0.4, 0.5) is 0 Å². The van der Waals surface area contributed by atoms with Gasteiger partial charge in [-0.25, -0.2) is 4.79 Å². The molecule has 200 valence electrons. The Morgan fingerprint density at radius 2 is 1.39 bits per heavy atom. The van der Waals surface area contributed by atoms with E-state index in [4.69, 9.17) is 16.6 Å². The lowest BCUT2D eigenvalue weighted by Gasteiger charge is -2.24. The van der Waals surface area contributed by atoms with Crippen LogP contribution in [0.5, 0.6) is 0 Å². The van der Waals surface area contributed by atoms with Gasteiger partial charge in [-0.2, -0.15) is 0 Å². The van der Waals surface area contributed by atoms with Gasteiger partial charge in [0, 0.05) is 12.8 Å². The molecule has 0 saturated heterocycles. The zero-order valence-electron chi connectivity index (χ0n) is 19.9. The van der Waals surface area contributed by atoms with Crippen LogP contribution in [-0.2, 0) is 30.4 Å². The minimum absolute atomic E-state index is 0.0596. The third-order valence-electron chi connectivity index (χ3n) is 5.30. The van der Waals surface area contributed by atoms with Crippen LogP contribution < -0.4 is 27.4 Å². The normalized spacial score (nSPS) is 14.1. The number of unbranched alkanes of at least 4 members (excludes halogenated alkanes) is 1. The van der Waals surface area contributed by atoms with Crippen LogP contribution in [0.1, 0.15) is 37.7 Å². The lowest BCUT2D eigenvalue weighted by molar-refractivity contribution is -0.143. The summed E-state index contributed by atoms with van der Waals surface area (Å²) in [4.78, 5) is 60.2. The smallest absolute Gasteiger partial charge is 0.326 e. The molecule has 13 heteroatoms. The molecule has 0 aliphatic rings. The number of aliphatic carboxylic acids is 2. The van der Waals surface area contributed by atoms with Crippen molar-refractivity contribution < 1.29 is 39.3 Å². The van der Waals surface area contributed by atoms with E-state index in [1.54, 1.807) is 30.3 Å². The SMILES string of the molecule is NCCCCC(N)C(=O)NC(Cc1ccccc1)C(=O)NC(CO)C(=O)NC(CCC(=O)O)C(=O)O. The highest BCUT2D eigenvalue weighted by Gasteiger charge is 2.30. The molecule has 0 fully saturated rings. The van der Waals surface area contributed by atoms with E-state index in [1.807, 2.05) is 0 Å². The molecule has 0 aromatic heterocycles.